The number of rotatable bonds is 3. The fraction of sp³-hybridized carbons (Fsp3) is 0.0667. The van der Waals surface area contributed by atoms with Crippen LogP contribution < -0.4 is 4.74 Å². The number of fused-ring (bicyclic) bond motifs is 1. The van der Waals surface area contributed by atoms with Gasteiger partial charge in [0.05, 0.1) is 0 Å². The number of halogens is 3. The van der Waals surface area contributed by atoms with Crippen LogP contribution in [0.2, 0.25) is 0 Å². The highest BCUT2D eigenvalue weighted by atomic mass is 19.4. The Morgan fingerprint density at radius 2 is 1.70 bits per heavy atom. The number of ether oxygens (including phenoxy) is 1. The molecule has 0 saturated heterocycles. The second kappa shape index (κ2) is 5.31. The summed E-state index contributed by atoms with van der Waals surface area (Å²) >= 11 is 0. The average molecular weight is 322 g/mol. The van der Waals surface area contributed by atoms with E-state index in [0.29, 0.717) is 16.8 Å². The SMILES string of the molecule is O=C(O)c1cn2cc(-c3ccc(OC(F)(F)F)cc3)ccc2n1. The Bertz CT molecular complexity index is 870. The zero-order valence-corrected chi connectivity index (χ0v) is 11.4. The maximum Gasteiger partial charge on any atom is 0.573 e. The van der Waals surface area contributed by atoms with Gasteiger partial charge in [-0.15, -0.1) is 13.2 Å². The minimum Gasteiger partial charge on any atom is -0.476 e. The predicted molar refractivity (Wildman–Crippen MR) is 74.3 cm³/mol. The van der Waals surface area contributed by atoms with Crippen molar-refractivity contribution in [3.8, 4) is 16.9 Å². The van der Waals surface area contributed by atoms with Crippen LogP contribution in [-0.2, 0) is 0 Å². The van der Waals surface area contributed by atoms with Gasteiger partial charge >= 0.3 is 12.3 Å². The van der Waals surface area contributed by atoms with Crippen LogP contribution in [0, 0.1) is 0 Å². The number of aromatic nitrogens is 2. The highest BCUT2D eigenvalue weighted by Gasteiger charge is 2.30. The molecular formula is C15H9F3N2O3. The molecule has 3 aromatic rings. The van der Waals surface area contributed by atoms with Crippen LogP contribution in [-0.4, -0.2) is 26.8 Å². The van der Waals surface area contributed by atoms with Crippen molar-refractivity contribution in [2.24, 2.45) is 0 Å². The molecule has 23 heavy (non-hydrogen) atoms. The Kier molecular flexibility index (Phi) is 3.44. The van der Waals surface area contributed by atoms with Crippen LogP contribution in [0.5, 0.6) is 5.75 Å². The summed E-state index contributed by atoms with van der Waals surface area (Å²) in [5.41, 5.74) is 1.73. The zero-order chi connectivity index (χ0) is 16.6. The van der Waals surface area contributed by atoms with Gasteiger partial charge in [0.15, 0.2) is 5.69 Å². The number of benzene rings is 1. The molecule has 2 heterocycles. The number of carboxylic acid groups (broad SMARTS) is 1. The Hall–Kier alpha value is -3.03. The summed E-state index contributed by atoms with van der Waals surface area (Å²) < 4.78 is 41.7. The van der Waals surface area contributed by atoms with E-state index in [4.69, 9.17) is 5.11 Å². The molecule has 0 aliphatic rings. The molecule has 0 aliphatic carbocycles. The van der Waals surface area contributed by atoms with Crippen molar-refractivity contribution in [3.05, 3.63) is 54.5 Å². The van der Waals surface area contributed by atoms with E-state index in [1.807, 2.05) is 0 Å². The summed E-state index contributed by atoms with van der Waals surface area (Å²) in [5.74, 6) is -1.44. The highest BCUT2D eigenvalue weighted by molar-refractivity contribution is 5.86. The van der Waals surface area contributed by atoms with Crippen molar-refractivity contribution in [1.82, 2.24) is 9.38 Å². The topological polar surface area (TPSA) is 63.8 Å². The van der Waals surface area contributed by atoms with E-state index >= 15 is 0 Å². The zero-order valence-electron chi connectivity index (χ0n) is 11.4. The minimum atomic E-state index is -4.73. The number of imidazole rings is 1. The standard InChI is InChI=1S/C15H9F3N2O3/c16-15(17,18)23-11-4-1-9(2-5-11)10-3-6-13-19-12(14(21)22)8-20(13)7-10/h1-8H,(H,21,22). The van der Waals surface area contributed by atoms with E-state index in [1.165, 1.54) is 30.5 Å². The Morgan fingerprint density at radius 1 is 1.04 bits per heavy atom. The lowest BCUT2D eigenvalue weighted by Gasteiger charge is -2.09. The van der Waals surface area contributed by atoms with Crippen molar-refractivity contribution < 1.29 is 27.8 Å². The van der Waals surface area contributed by atoms with Gasteiger partial charge in [-0.25, -0.2) is 9.78 Å². The van der Waals surface area contributed by atoms with Crippen LogP contribution in [0.15, 0.2) is 48.8 Å². The number of carboxylic acids is 1. The number of nitrogens with zero attached hydrogens (tertiary/aromatic N) is 2. The molecule has 0 radical (unpaired) electrons. The third-order valence-corrected chi connectivity index (χ3v) is 3.09. The summed E-state index contributed by atoms with van der Waals surface area (Å²) in [7, 11) is 0. The second-order valence-electron chi connectivity index (χ2n) is 4.69. The van der Waals surface area contributed by atoms with Crippen molar-refractivity contribution in [3.63, 3.8) is 0 Å². The van der Waals surface area contributed by atoms with Crippen molar-refractivity contribution in [1.29, 1.82) is 0 Å². The van der Waals surface area contributed by atoms with Crippen LogP contribution in [0.3, 0.4) is 0 Å². The molecule has 0 amide bonds. The first-order chi connectivity index (χ1) is 10.8. The second-order valence-corrected chi connectivity index (χ2v) is 4.69. The predicted octanol–water partition coefficient (Wildman–Crippen LogP) is 3.60. The first kappa shape index (κ1) is 14.9. The number of hydrogen-bond acceptors (Lipinski definition) is 3. The molecule has 0 bridgehead atoms. The first-order valence-electron chi connectivity index (χ1n) is 6.40. The normalized spacial score (nSPS) is 11.6. The molecule has 0 unspecified atom stereocenters. The van der Waals surface area contributed by atoms with Crippen molar-refractivity contribution in [2.45, 2.75) is 6.36 Å². The van der Waals surface area contributed by atoms with Crippen LogP contribution in [0.1, 0.15) is 10.5 Å². The lowest BCUT2D eigenvalue weighted by atomic mass is 10.1. The number of alkyl halides is 3. The van der Waals surface area contributed by atoms with Gasteiger partial charge in [0.1, 0.15) is 11.4 Å². The van der Waals surface area contributed by atoms with Gasteiger partial charge in [-0.1, -0.05) is 12.1 Å². The third-order valence-electron chi connectivity index (χ3n) is 3.09. The van der Waals surface area contributed by atoms with Crippen molar-refractivity contribution in [2.75, 3.05) is 0 Å². The highest BCUT2D eigenvalue weighted by Crippen LogP contribution is 2.26. The number of carbonyl (C=O) groups is 1. The molecule has 3 rings (SSSR count). The smallest absolute Gasteiger partial charge is 0.476 e. The summed E-state index contributed by atoms with van der Waals surface area (Å²) in [4.78, 5) is 14.8. The number of hydrogen-bond donors (Lipinski definition) is 1. The van der Waals surface area contributed by atoms with Gasteiger partial charge in [-0.2, -0.15) is 0 Å². The maximum atomic E-state index is 12.1. The summed E-state index contributed by atoms with van der Waals surface area (Å²) in [6.07, 6.45) is -1.72. The van der Waals surface area contributed by atoms with Crippen LogP contribution in [0.25, 0.3) is 16.8 Å². The van der Waals surface area contributed by atoms with Gasteiger partial charge < -0.3 is 14.2 Å². The van der Waals surface area contributed by atoms with Gasteiger partial charge in [0.2, 0.25) is 0 Å². The van der Waals surface area contributed by atoms with Crippen molar-refractivity contribution >= 4 is 11.6 Å². The van der Waals surface area contributed by atoms with E-state index in [-0.39, 0.29) is 11.4 Å². The van der Waals surface area contributed by atoms with Gasteiger partial charge in [-0.3, -0.25) is 0 Å². The molecule has 0 aliphatic heterocycles. The van der Waals surface area contributed by atoms with E-state index in [2.05, 4.69) is 9.72 Å². The third kappa shape index (κ3) is 3.25. The fourth-order valence-electron chi connectivity index (χ4n) is 2.11. The molecule has 1 aromatic carbocycles. The summed E-state index contributed by atoms with van der Waals surface area (Å²) in [6.45, 7) is 0. The summed E-state index contributed by atoms with van der Waals surface area (Å²) in [6, 6.07) is 8.72. The molecule has 5 nitrogen and oxygen atoms in total. The van der Waals surface area contributed by atoms with E-state index in [0.717, 1.165) is 0 Å². The monoisotopic (exact) mass is 322 g/mol. The van der Waals surface area contributed by atoms with Crippen LogP contribution >= 0.6 is 0 Å². The first-order valence-corrected chi connectivity index (χ1v) is 6.40. The molecule has 0 saturated carbocycles. The van der Waals surface area contributed by atoms with E-state index < -0.39 is 12.3 Å². The number of aromatic carboxylic acids is 1. The molecule has 0 atom stereocenters. The lowest BCUT2D eigenvalue weighted by molar-refractivity contribution is -0.274. The Balaban J connectivity index is 1.92. The lowest BCUT2D eigenvalue weighted by Crippen LogP contribution is -2.16. The largest absolute Gasteiger partial charge is 0.573 e. The molecule has 8 heteroatoms. The van der Waals surface area contributed by atoms with Crippen LogP contribution in [0.4, 0.5) is 13.2 Å². The molecular weight excluding hydrogens is 313 g/mol. The molecule has 118 valence electrons. The molecule has 1 N–H and O–H groups in total. The minimum absolute atomic E-state index is 0.0870. The Morgan fingerprint density at radius 3 is 2.30 bits per heavy atom. The van der Waals surface area contributed by atoms with Gasteiger partial charge in [-0.05, 0) is 35.4 Å². The number of pyridine rings is 1. The molecule has 0 spiro atoms. The van der Waals surface area contributed by atoms with Gasteiger partial charge in [0, 0.05) is 12.4 Å². The Labute approximate surface area is 127 Å². The maximum absolute atomic E-state index is 12.1. The molecule has 2 aromatic heterocycles. The molecule has 0 fully saturated rings. The average Bonchev–Trinajstić information content (AvgIpc) is 2.89. The fourth-order valence-corrected chi connectivity index (χ4v) is 2.11. The van der Waals surface area contributed by atoms with Gasteiger partial charge in [0.25, 0.3) is 0 Å². The summed E-state index contributed by atoms with van der Waals surface area (Å²) in [5, 5.41) is 8.91. The quantitative estimate of drug-likeness (QED) is 0.800. The van der Waals surface area contributed by atoms with E-state index in [9.17, 15) is 18.0 Å². The van der Waals surface area contributed by atoms with E-state index in [1.54, 1.807) is 22.7 Å².